The van der Waals surface area contributed by atoms with Crippen molar-refractivity contribution in [1.82, 2.24) is 9.78 Å². The SMILES string of the molecule is Cc1cc(OS(=O)(=O)C(F)(F)F)n(-c2ccccc2)n1. The highest BCUT2D eigenvalue weighted by atomic mass is 32.2. The summed E-state index contributed by atoms with van der Waals surface area (Å²) < 4.78 is 64.1. The summed E-state index contributed by atoms with van der Waals surface area (Å²) in [5.41, 5.74) is -4.79. The Morgan fingerprint density at radius 1 is 1.20 bits per heavy atom. The number of para-hydroxylation sites is 1. The molecule has 0 saturated carbocycles. The molecular weight excluding hydrogens is 297 g/mol. The predicted molar refractivity (Wildman–Crippen MR) is 63.9 cm³/mol. The molecule has 0 fully saturated rings. The summed E-state index contributed by atoms with van der Waals surface area (Å²) in [5.74, 6) is -0.522. The standard InChI is InChI=1S/C11H9F3N2O3S/c1-8-7-10(19-20(17,18)11(12,13)14)16(15-8)9-5-3-2-4-6-9/h2-7H,1H3. The zero-order valence-corrected chi connectivity index (χ0v) is 10.9. The molecule has 0 N–H and O–H groups in total. The molecule has 0 saturated heterocycles. The number of nitrogens with zero attached hydrogens (tertiary/aromatic N) is 2. The molecule has 5 nitrogen and oxygen atoms in total. The number of rotatable bonds is 3. The number of hydrogen-bond donors (Lipinski definition) is 0. The van der Waals surface area contributed by atoms with E-state index >= 15 is 0 Å². The summed E-state index contributed by atoms with van der Waals surface area (Å²) in [4.78, 5) is 0. The Hall–Kier alpha value is -2.03. The molecule has 20 heavy (non-hydrogen) atoms. The van der Waals surface area contributed by atoms with Gasteiger partial charge in [-0.1, -0.05) is 18.2 Å². The highest BCUT2D eigenvalue weighted by molar-refractivity contribution is 7.87. The summed E-state index contributed by atoms with van der Waals surface area (Å²) in [6.07, 6.45) is 0. The number of halogens is 3. The lowest BCUT2D eigenvalue weighted by molar-refractivity contribution is -0.0502. The molecule has 0 unspecified atom stereocenters. The van der Waals surface area contributed by atoms with Gasteiger partial charge < -0.3 is 4.18 Å². The topological polar surface area (TPSA) is 61.2 Å². The Kier molecular flexibility index (Phi) is 3.46. The van der Waals surface area contributed by atoms with Gasteiger partial charge in [-0.25, -0.2) is 0 Å². The Labute approximate surface area is 112 Å². The van der Waals surface area contributed by atoms with Gasteiger partial charge in [-0.3, -0.25) is 0 Å². The van der Waals surface area contributed by atoms with Crippen LogP contribution in [0.2, 0.25) is 0 Å². The van der Waals surface area contributed by atoms with Crippen molar-refractivity contribution in [3.63, 3.8) is 0 Å². The third kappa shape index (κ3) is 2.77. The van der Waals surface area contributed by atoms with Crippen LogP contribution in [0, 0.1) is 6.92 Å². The summed E-state index contributed by atoms with van der Waals surface area (Å²) >= 11 is 0. The number of alkyl halides is 3. The summed E-state index contributed by atoms with van der Waals surface area (Å²) in [5, 5.41) is 3.91. The zero-order chi connectivity index (χ0) is 15.0. The van der Waals surface area contributed by atoms with E-state index in [-0.39, 0.29) is 0 Å². The van der Waals surface area contributed by atoms with Crippen molar-refractivity contribution in [3.05, 3.63) is 42.1 Å². The molecule has 0 aliphatic rings. The van der Waals surface area contributed by atoms with Crippen LogP contribution < -0.4 is 4.18 Å². The monoisotopic (exact) mass is 306 g/mol. The number of hydrogen-bond acceptors (Lipinski definition) is 4. The minimum atomic E-state index is -5.73. The highest BCUT2D eigenvalue weighted by Gasteiger charge is 2.49. The van der Waals surface area contributed by atoms with E-state index in [0.29, 0.717) is 11.4 Å². The highest BCUT2D eigenvalue weighted by Crippen LogP contribution is 2.28. The summed E-state index contributed by atoms with van der Waals surface area (Å²) in [6, 6.07) is 9.19. The molecule has 9 heteroatoms. The van der Waals surface area contributed by atoms with Gasteiger partial charge in [0.15, 0.2) is 0 Å². The van der Waals surface area contributed by atoms with Crippen molar-refractivity contribution < 1.29 is 25.8 Å². The minimum absolute atomic E-state index is 0.321. The first-order valence-corrected chi connectivity index (χ1v) is 6.74. The number of aromatic nitrogens is 2. The summed E-state index contributed by atoms with van der Waals surface area (Å²) in [7, 11) is -5.73. The van der Waals surface area contributed by atoms with Crippen LogP contribution in [0.1, 0.15) is 5.69 Å². The van der Waals surface area contributed by atoms with Crippen molar-refractivity contribution >= 4 is 10.1 Å². The van der Waals surface area contributed by atoms with E-state index in [4.69, 9.17) is 0 Å². The van der Waals surface area contributed by atoms with Crippen LogP contribution >= 0.6 is 0 Å². The van der Waals surface area contributed by atoms with E-state index in [1.807, 2.05) is 0 Å². The molecule has 2 aromatic rings. The Bertz CT molecular complexity index is 708. The number of benzene rings is 1. The Morgan fingerprint density at radius 3 is 2.35 bits per heavy atom. The average Bonchev–Trinajstić information content (AvgIpc) is 2.69. The third-order valence-electron chi connectivity index (χ3n) is 2.28. The Balaban J connectivity index is 2.45. The first-order chi connectivity index (χ1) is 9.21. The van der Waals surface area contributed by atoms with Crippen LogP contribution in [0.15, 0.2) is 36.4 Å². The molecule has 1 aromatic heterocycles. The van der Waals surface area contributed by atoms with Gasteiger partial charge in [-0.15, -0.1) is 0 Å². The molecule has 108 valence electrons. The lowest BCUT2D eigenvalue weighted by atomic mass is 10.3. The van der Waals surface area contributed by atoms with E-state index in [0.717, 1.165) is 10.7 Å². The van der Waals surface area contributed by atoms with Crippen LogP contribution in [0.25, 0.3) is 5.69 Å². The zero-order valence-electron chi connectivity index (χ0n) is 10.1. The second-order valence-corrected chi connectivity index (χ2v) is 5.39. The van der Waals surface area contributed by atoms with Gasteiger partial charge in [-0.05, 0) is 19.1 Å². The second kappa shape index (κ2) is 4.82. The molecule has 0 aliphatic heterocycles. The minimum Gasteiger partial charge on any atom is -0.355 e. The number of aryl methyl sites for hydroxylation is 1. The van der Waals surface area contributed by atoms with Crippen LogP contribution in [0.5, 0.6) is 5.88 Å². The third-order valence-corrected chi connectivity index (χ3v) is 3.24. The van der Waals surface area contributed by atoms with E-state index in [2.05, 4.69) is 9.28 Å². The molecule has 0 radical (unpaired) electrons. The lowest BCUT2D eigenvalue weighted by Crippen LogP contribution is -2.28. The first kappa shape index (κ1) is 14.4. The second-order valence-electron chi connectivity index (χ2n) is 3.85. The van der Waals surface area contributed by atoms with Gasteiger partial charge in [0.1, 0.15) is 0 Å². The molecule has 0 aliphatic carbocycles. The van der Waals surface area contributed by atoms with E-state index < -0.39 is 21.5 Å². The fraction of sp³-hybridized carbons (Fsp3) is 0.182. The van der Waals surface area contributed by atoms with Gasteiger partial charge in [0.25, 0.3) is 0 Å². The maximum atomic E-state index is 12.3. The van der Waals surface area contributed by atoms with E-state index in [1.54, 1.807) is 30.3 Å². The first-order valence-electron chi connectivity index (χ1n) is 5.33. The van der Waals surface area contributed by atoms with Crippen molar-refractivity contribution in [2.24, 2.45) is 0 Å². The van der Waals surface area contributed by atoms with Crippen molar-refractivity contribution in [3.8, 4) is 11.6 Å². The summed E-state index contributed by atoms with van der Waals surface area (Å²) in [6.45, 7) is 1.51. The van der Waals surface area contributed by atoms with Crippen LogP contribution in [0.4, 0.5) is 13.2 Å². The van der Waals surface area contributed by atoms with Gasteiger partial charge in [0.2, 0.25) is 5.88 Å². The van der Waals surface area contributed by atoms with E-state index in [1.165, 1.54) is 6.92 Å². The van der Waals surface area contributed by atoms with Crippen molar-refractivity contribution in [2.75, 3.05) is 0 Å². The van der Waals surface area contributed by atoms with Gasteiger partial charge in [0.05, 0.1) is 11.4 Å². The van der Waals surface area contributed by atoms with E-state index in [9.17, 15) is 21.6 Å². The quantitative estimate of drug-likeness (QED) is 0.645. The fourth-order valence-corrected chi connectivity index (χ4v) is 1.89. The van der Waals surface area contributed by atoms with Gasteiger partial charge in [-0.2, -0.15) is 31.4 Å². The molecule has 1 aromatic carbocycles. The molecule has 0 spiro atoms. The maximum absolute atomic E-state index is 12.3. The Morgan fingerprint density at radius 2 is 1.80 bits per heavy atom. The molecule has 1 heterocycles. The largest absolute Gasteiger partial charge is 0.534 e. The lowest BCUT2D eigenvalue weighted by Gasteiger charge is -2.10. The molecular formula is C11H9F3N2O3S. The molecule has 2 rings (SSSR count). The van der Waals surface area contributed by atoms with Crippen LogP contribution in [-0.2, 0) is 10.1 Å². The van der Waals surface area contributed by atoms with Gasteiger partial charge >= 0.3 is 15.6 Å². The normalized spacial score (nSPS) is 12.4. The smallest absolute Gasteiger partial charge is 0.355 e. The molecule has 0 bridgehead atoms. The molecule has 0 amide bonds. The van der Waals surface area contributed by atoms with Gasteiger partial charge in [0, 0.05) is 6.07 Å². The van der Waals surface area contributed by atoms with Crippen molar-refractivity contribution in [1.29, 1.82) is 0 Å². The predicted octanol–water partition coefficient (Wildman–Crippen LogP) is 2.41. The average molecular weight is 306 g/mol. The fourth-order valence-electron chi connectivity index (χ4n) is 1.45. The van der Waals surface area contributed by atoms with Crippen molar-refractivity contribution in [2.45, 2.75) is 12.4 Å². The molecule has 0 atom stereocenters. The van der Waals surface area contributed by atoms with Crippen LogP contribution in [0.3, 0.4) is 0 Å². The van der Waals surface area contributed by atoms with Crippen LogP contribution in [-0.4, -0.2) is 23.7 Å². The maximum Gasteiger partial charge on any atom is 0.534 e.